The third kappa shape index (κ3) is 5.93. The second-order valence-electron chi connectivity index (χ2n) is 10.0. The maximum atomic E-state index is 13.6. The molecule has 5 rings (SSSR count). The molecule has 192 valence electrons. The van der Waals surface area contributed by atoms with Gasteiger partial charge in [-0.1, -0.05) is 110 Å². The Morgan fingerprint density at radius 2 is 1.59 bits per heavy atom. The van der Waals surface area contributed by atoms with Crippen LogP contribution in [0.15, 0.2) is 110 Å². The molecule has 0 radical (unpaired) electrons. The Morgan fingerprint density at radius 1 is 0.946 bits per heavy atom. The number of nitrogens with two attached hydrogens (primary N) is 1. The van der Waals surface area contributed by atoms with Gasteiger partial charge in [0.2, 0.25) is 5.91 Å². The van der Waals surface area contributed by atoms with Crippen molar-refractivity contribution in [3.05, 3.63) is 121 Å². The molecule has 2 saturated heterocycles. The van der Waals surface area contributed by atoms with E-state index in [1.165, 1.54) is 21.9 Å². The molecule has 0 spiro atoms. The highest BCUT2D eigenvalue weighted by Gasteiger charge is 2.53. The molecule has 0 aromatic heterocycles. The van der Waals surface area contributed by atoms with E-state index >= 15 is 0 Å². The number of carbonyl (C=O) groups is 1. The quantitative estimate of drug-likeness (QED) is 0.407. The first-order valence-corrected chi connectivity index (χ1v) is 13.2. The summed E-state index contributed by atoms with van der Waals surface area (Å²) in [6.45, 7) is 11.5. The summed E-state index contributed by atoms with van der Waals surface area (Å²) in [5.74, 6) is 0.203. The van der Waals surface area contributed by atoms with E-state index in [2.05, 4.69) is 91.7 Å². The fourth-order valence-corrected chi connectivity index (χ4v) is 5.71. The van der Waals surface area contributed by atoms with Crippen LogP contribution < -0.4 is 5.73 Å². The highest BCUT2D eigenvalue weighted by molar-refractivity contribution is 5.87. The number of carbonyl (C=O) groups excluding carboxylic acids is 1. The van der Waals surface area contributed by atoms with Gasteiger partial charge in [-0.2, -0.15) is 0 Å². The van der Waals surface area contributed by atoms with E-state index in [4.69, 9.17) is 5.73 Å². The highest BCUT2D eigenvalue weighted by atomic mass is 16.2. The van der Waals surface area contributed by atoms with Crippen LogP contribution in [0.5, 0.6) is 0 Å². The van der Waals surface area contributed by atoms with Crippen LogP contribution in [0.2, 0.25) is 0 Å². The zero-order valence-electron chi connectivity index (χ0n) is 21.9. The molecule has 37 heavy (non-hydrogen) atoms. The summed E-state index contributed by atoms with van der Waals surface area (Å²) in [6.07, 6.45) is 9.71. The van der Waals surface area contributed by atoms with Gasteiger partial charge in [-0.15, -0.1) is 0 Å². The largest absolute Gasteiger partial charge is 0.341 e. The molecule has 2 fully saturated rings. The lowest BCUT2D eigenvalue weighted by molar-refractivity contribution is -0.142. The Kier molecular flexibility index (Phi) is 8.75. The first-order chi connectivity index (χ1) is 18.0. The van der Waals surface area contributed by atoms with Crippen molar-refractivity contribution in [2.75, 3.05) is 19.6 Å². The van der Waals surface area contributed by atoms with E-state index in [9.17, 15) is 4.79 Å². The fourth-order valence-electron chi connectivity index (χ4n) is 5.71. The van der Waals surface area contributed by atoms with E-state index in [1.807, 2.05) is 23.1 Å². The van der Waals surface area contributed by atoms with Crippen LogP contribution in [0.25, 0.3) is 10.8 Å². The van der Waals surface area contributed by atoms with E-state index in [0.717, 1.165) is 38.9 Å². The molecule has 3 unspecified atom stereocenters. The van der Waals surface area contributed by atoms with Crippen molar-refractivity contribution in [1.82, 2.24) is 9.80 Å². The predicted octanol–water partition coefficient (Wildman–Crippen LogP) is 6.06. The first kappa shape index (κ1) is 26.6. The van der Waals surface area contributed by atoms with E-state index in [0.29, 0.717) is 0 Å². The van der Waals surface area contributed by atoms with Crippen molar-refractivity contribution < 1.29 is 4.79 Å². The Labute approximate surface area is 221 Å². The normalized spacial score (nSPS) is 22.4. The summed E-state index contributed by atoms with van der Waals surface area (Å²) in [4.78, 5) is 18.0. The van der Waals surface area contributed by atoms with Crippen molar-refractivity contribution in [3.8, 4) is 0 Å². The van der Waals surface area contributed by atoms with Crippen LogP contribution >= 0.6 is 0 Å². The lowest BCUT2D eigenvalue weighted by atomic mass is 9.83. The van der Waals surface area contributed by atoms with Gasteiger partial charge in [0.1, 0.15) is 6.04 Å². The van der Waals surface area contributed by atoms with Crippen LogP contribution in [-0.4, -0.2) is 46.9 Å². The monoisotopic (exact) mass is 493 g/mol. The minimum absolute atomic E-state index is 0.138. The molecule has 3 atom stereocenters. The fraction of sp³-hybridized carbons (Fsp3) is 0.303. The van der Waals surface area contributed by atoms with Gasteiger partial charge in [-0.3, -0.25) is 9.69 Å². The summed E-state index contributed by atoms with van der Waals surface area (Å²) in [6, 6.07) is 25.3. The number of allylic oxidation sites excluding steroid dienone is 4. The lowest BCUT2D eigenvalue weighted by Crippen LogP contribution is -2.65. The number of benzene rings is 3. The molecular weight excluding hydrogens is 454 g/mol. The average Bonchev–Trinajstić information content (AvgIpc) is 3.30. The Balaban J connectivity index is 0.000000480. The van der Waals surface area contributed by atoms with Crippen molar-refractivity contribution in [2.45, 2.75) is 43.8 Å². The van der Waals surface area contributed by atoms with Gasteiger partial charge in [0, 0.05) is 31.2 Å². The molecule has 4 nitrogen and oxygen atoms in total. The zero-order valence-corrected chi connectivity index (χ0v) is 21.9. The van der Waals surface area contributed by atoms with Gasteiger partial charge >= 0.3 is 0 Å². The maximum Gasteiger partial charge on any atom is 0.241 e. The van der Waals surface area contributed by atoms with Crippen LogP contribution in [0.1, 0.15) is 36.9 Å². The highest BCUT2D eigenvalue weighted by Crippen LogP contribution is 2.40. The number of amides is 1. The van der Waals surface area contributed by atoms with Crippen molar-refractivity contribution in [1.29, 1.82) is 0 Å². The van der Waals surface area contributed by atoms with E-state index in [-0.39, 0.29) is 18.0 Å². The average molecular weight is 494 g/mol. The zero-order chi connectivity index (χ0) is 26.3. The summed E-state index contributed by atoms with van der Waals surface area (Å²) in [5, 5.41) is 2.50. The number of hydrogen-bond acceptors (Lipinski definition) is 3. The molecule has 2 aliphatic rings. The van der Waals surface area contributed by atoms with Crippen LogP contribution in [0.3, 0.4) is 0 Å². The molecule has 0 bridgehead atoms. The Bertz CT molecular complexity index is 1240. The minimum atomic E-state index is -0.417. The molecule has 3 aromatic rings. The number of likely N-dealkylation sites (tertiary alicyclic amines) is 2. The molecule has 2 aliphatic heterocycles. The molecule has 3 aromatic carbocycles. The van der Waals surface area contributed by atoms with E-state index in [1.54, 1.807) is 12.2 Å². The molecular formula is C33H39N3O. The Morgan fingerprint density at radius 3 is 2.32 bits per heavy atom. The number of rotatable bonds is 7. The molecule has 0 saturated carbocycles. The molecule has 4 heteroatoms. The van der Waals surface area contributed by atoms with Gasteiger partial charge in [-0.25, -0.2) is 0 Å². The van der Waals surface area contributed by atoms with Gasteiger partial charge in [0.25, 0.3) is 0 Å². The predicted molar refractivity (Wildman–Crippen MR) is 155 cm³/mol. The van der Waals surface area contributed by atoms with Crippen LogP contribution in [0.4, 0.5) is 0 Å². The Hall–Kier alpha value is -3.47. The van der Waals surface area contributed by atoms with Crippen LogP contribution in [0, 0.1) is 0 Å². The SMILES string of the molecule is C=C/C=C\C=C.CC(c1cccc2ccccc12)N1CCC2(N)CCN(CCc3ccccc3)C(=O)C12. The third-order valence-electron chi connectivity index (χ3n) is 7.77. The number of nitrogens with zero attached hydrogens (tertiary/aromatic N) is 2. The smallest absolute Gasteiger partial charge is 0.241 e. The third-order valence-corrected chi connectivity index (χ3v) is 7.77. The maximum absolute atomic E-state index is 13.6. The summed E-state index contributed by atoms with van der Waals surface area (Å²) in [5.41, 5.74) is 8.98. The number of hydrogen-bond donors (Lipinski definition) is 1. The van der Waals surface area contributed by atoms with Gasteiger partial charge in [-0.05, 0) is 48.1 Å². The molecule has 0 aliphatic carbocycles. The second kappa shape index (κ2) is 12.2. The van der Waals surface area contributed by atoms with Gasteiger partial charge < -0.3 is 10.6 Å². The summed E-state index contributed by atoms with van der Waals surface area (Å²) in [7, 11) is 0. The summed E-state index contributed by atoms with van der Waals surface area (Å²) >= 11 is 0. The number of piperidine rings is 1. The second-order valence-corrected chi connectivity index (χ2v) is 10.0. The van der Waals surface area contributed by atoms with E-state index < -0.39 is 5.54 Å². The van der Waals surface area contributed by atoms with Crippen molar-refractivity contribution in [2.24, 2.45) is 5.73 Å². The summed E-state index contributed by atoms with van der Waals surface area (Å²) < 4.78 is 0. The van der Waals surface area contributed by atoms with Crippen molar-refractivity contribution >= 4 is 16.7 Å². The topological polar surface area (TPSA) is 49.6 Å². The molecule has 2 heterocycles. The lowest BCUT2D eigenvalue weighted by Gasteiger charge is -2.44. The van der Waals surface area contributed by atoms with Gasteiger partial charge in [0.05, 0.1) is 0 Å². The number of fused-ring (bicyclic) bond motifs is 2. The standard InChI is InChI=1S/C27H31N3O.C6H8/c1-20(23-13-7-11-22-10-5-6-12-24(22)23)30-19-16-27(28)15-18-29(26(31)25(27)30)17-14-21-8-3-2-4-9-21;1-3-5-6-4-2/h2-13,20,25H,14-19,28H2,1H3;3-6H,1-2H2/b;6-5-. The van der Waals surface area contributed by atoms with Gasteiger partial charge in [0.15, 0.2) is 0 Å². The minimum Gasteiger partial charge on any atom is -0.341 e. The molecule has 1 amide bonds. The van der Waals surface area contributed by atoms with Crippen LogP contribution in [-0.2, 0) is 11.2 Å². The molecule has 2 N–H and O–H groups in total. The van der Waals surface area contributed by atoms with Crippen molar-refractivity contribution in [3.63, 3.8) is 0 Å². The first-order valence-electron chi connectivity index (χ1n) is 13.2.